The molecule has 0 spiro atoms. The summed E-state index contributed by atoms with van der Waals surface area (Å²) in [7, 11) is 0. The van der Waals surface area contributed by atoms with Gasteiger partial charge in [0.1, 0.15) is 4.33 Å². The predicted molar refractivity (Wildman–Crippen MR) is 126 cm³/mol. The topological polar surface area (TPSA) is 46.2 Å². The Morgan fingerprint density at radius 2 is 1.58 bits per heavy atom. The van der Waals surface area contributed by atoms with Gasteiger partial charge in [-0.3, -0.25) is 9.59 Å². The van der Waals surface area contributed by atoms with Gasteiger partial charge in [-0.05, 0) is 42.3 Å². The SMILES string of the molecule is O=C(CCCC(F)(F)F)c1cc(NC(=O)C2C(c3cc(Cl)cc(Cl)c3)C2(Cl)Cl)cc(Cl)c1Cl. The Bertz CT molecular complexity index is 1090. The van der Waals surface area contributed by atoms with Gasteiger partial charge in [-0.15, -0.1) is 23.2 Å². The minimum atomic E-state index is -4.37. The molecular weight excluding hydrogens is 568 g/mol. The Balaban J connectivity index is 1.76. The van der Waals surface area contributed by atoms with E-state index in [2.05, 4.69) is 5.32 Å². The number of amides is 1. The van der Waals surface area contributed by atoms with E-state index in [9.17, 15) is 22.8 Å². The van der Waals surface area contributed by atoms with Crippen LogP contribution >= 0.6 is 69.6 Å². The van der Waals surface area contributed by atoms with Crippen LogP contribution in [-0.2, 0) is 4.79 Å². The average Bonchev–Trinajstić information content (AvgIpc) is 3.25. The van der Waals surface area contributed by atoms with Gasteiger partial charge in [-0.1, -0.05) is 46.4 Å². The Morgan fingerprint density at radius 1 is 0.970 bits per heavy atom. The lowest BCUT2D eigenvalue weighted by atomic mass is 10.0. The molecule has 2 unspecified atom stereocenters. The maximum atomic E-state index is 12.9. The maximum absolute atomic E-state index is 12.9. The van der Waals surface area contributed by atoms with Crippen molar-refractivity contribution in [3.8, 4) is 0 Å². The van der Waals surface area contributed by atoms with E-state index >= 15 is 0 Å². The van der Waals surface area contributed by atoms with Crippen molar-refractivity contribution in [2.45, 2.75) is 35.7 Å². The van der Waals surface area contributed by atoms with Crippen LogP contribution < -0.4 is 5.32 Å². The molecule has 2 aromatic carbocycles. The van der Waals surface area contributed by atoms with Gasteiger partial charge < -0.3 is 5.32 Å². The summed E-state index contributed by atoms with van der Waals surface area (Å²) < 4.78 is 35.7. The van der Waals surface area contributed by atoms with Crippen molar-refractivity contribution < 1.29 is 22.8 Å². The molecule has 178 valence electrons. The summed E-state index contributed by atoms with van der Waals surface area (Å²) >= 11 is 36.8. The summed E-state index contributed by atoms with van der Waals surface area (Å²) in [5.41, 5.74) is 0.596. The normalized spacial score (nSPS) is 19.3. The molecule has 0 aromatic heterocycles. The fraction of sp³-hybridized carbons (Fsp3) is 0.333. The second-order valence-corrected chi connectivity index (χ2v) is 10.6. The van der Waals surface area contributed by atoms with Crippen LogP contribution in [0.1, 0.15) is 41.1 Å². The van der Waals surface area contributed by atoms with Gasteiger partial charge in [0, 0.05) is 40.1 Å². The van der Waals surface area contributed by atoms with E-state index in [-0.39, 0.29) is 27.7 Å². The molecule has 2 aromatic rings. The zero-order valence-electron chi connectivity index (χ0n) is 16.4. The molecular formula is C21H14Cl6F3NO2. The lowest BCUT2D eigenvalue weighted by molar-refractivity contribution is -0.135. The van der Waals surface area contributed by atoms with Crippen LogP contribution in [0.15, 0.2) is 30.3 Å². The van der Waals surface area contributed by atoms with Gasteiger partial charge in [0.05, 0.1) is 16.0 Å². The highest BCUT2D eigenvalue weighted by Crippen LogP contribution is 2.65. The number of rotatable bonds is 7. The maximum Gasteiger partial charge on any atom is 0.389 e. The van der Waals surface area contributed by atoms with Crippen molar-refractivity contribution in [1.82, 2.24) is 0 Å². The first-order chi connectivity index (χ1) is 15.2. The van der Waals surface area contributed by atoms with E-state index in [0.717, 1.165) is 0 Å². The zero-order valence-corrected chi connectivity index (χ0v) is 20.9. The van der Waals surface area contributed by atoms with Crippen molar-refractivity contribution in [1.29, 1.82) is 0 Å². The molecule has 0 bridgehead atoms. The second-order valence-electron chi connectivity index (χ2n) is 7.53. The summed E-state index contributed by atoms with van der Waals surface area (Å²) in [6.07, 6.45) is -6.27. The first-order valence-corrected chi connectivity index (χ1v) is 11.7. The monoisotopic (exact) mass is 579 g/mol. The smallest absolute Gasteiger partial charge is 0.326 e. The summed E-state index contributed by atoms with van der Waals surface area (Å²) in [5.74, 6) is -2.65. The Morgan fingerprint density at radius 3 is 2.15 bits per heavy atom. The zero-order chi connectivity index (χ0) is 24.7. The standard InChI is InChI=1S/C21H14Cl6F3NO2/c22-10-4-9(5-11(23)6-10)16-17(21(16,26)27)19(33)31-12-7-13(18(25)14(24)8-12)15(32)2-1-3-20(28,29)30/h4-8,16-17H,1-3H2,(H,31,33). The Kier molecular flexibility index (Phi) is 8.09. The van der Waals surface area contributed by atoms with Gasteiger partial charge in [0.25, 0.3) is 0 Å². The van der Waals surface area contributed by atoms with Gasteiger partial charge in [-0.2, -0.15) is 13.2 Å². The van der Waals surface area contributed by atoms with E-state index in [4.69, 9.17) is 69.6 Å². The van der Waals surface area contributed by atoms with Crippen molar-refractivity contribution in [2.24, 2.45) is 5.92 Å². The number of carbonyl (C=O) groups excluding carboxylic acids is 2. The minimum Gasteiger partial charge on any atom is -0.326 e. The highest BCUT2D eigenvalue weighted by Gasteiger charge is 2.67. The number of Topliss-reactive ketones (excluding diaryl/α,β-unsaturated/α-hetero) is 1. The molecule has 1 aliphatic carbocycles. The number of carbonyl (C=O) groups is 2. The van der Waals surface area contributed by atoms with Crippen molar-refractivity contribution in [2.75, 3.05) is 5.32 Å². The summed E-state index contributed by atoms with van der Waals surface area (Å²) in [5, 5.41) is 3.12. The third-order valence-corrected chi connectivity index (χ3v) is 7.22. The van der Waals surface area contributed by atoms with Gasteiger partial charge in [0.15, 0.2) is 5.78 Å². The number of hydrogen-bond donors (Lipinski definition) is 1. The summed E-state index contributed by atoms with van der Waals surface area (Å²) in [6, 6.07) is 7.28. The van der Waals surface area contributed by atoms with E-state index in [1.807, 2.05) is 0 Å². The van der Waals surface area contributed by atoms with E-state index in [1.54, 1.807) is 12.1 Å². The van der Waals surface area contributed by atoms with Crippen LogP contribution in [0.5, 0.6) is 0 Å². The third kappa shape index (κ3) is 6.41. The molecule has 3 rings (SSSR count). The first-order valence-electron chi connectivity index (χ1n) is 9.44. The molecule has 2 atom stereocenters. The molecule has 1 amide bonds. The molecule has 0 saturated heterocycles. The van der Waals surface area contributed by atoms with Crippen LogP contribution in [0.3, 0.4) is 0 Å². The van der Waals surface area contributed by atoms with Gasteiger partial charge in [-0.25, -0.2) is 0 Å². The van der Waals surface area contributed by atoms with Gasteiger partial charge >= 0.3 is 6.18 Å². The van der Waals surface area contributed by atoms with E-state index in [0.29, 0.717) is 15.6 Å². The molecule has 12 heteroatoms. The summed E-state index contributed by atoms with van der Waals surface area (Å²) in [4.78, 5) is 25.3. The van der Waals surface area contributed by atoms with E-state index < -0.39 is 46.9 Å². The number of halogens is 9. The van der Waals surface area contributed by atoms with Crippen molar-refractivity contribution in [3.05, 3.63) is 61.5 Å². The molecule has 0 aliphatic heterocycles. The predicted octanol–water partition coefficient (Wildman–Crippen LogP) is 8.74. The minimum absolute atomic E-state index is 0.0504. The molecule has 1 N–H and O–H groups in total. The number of nitrogens with one attached hydrogen (secondary N) is 1. The molecule has 33 heavy (non-hydrogen) atoms. The highest BCUT2D eigenvalue weighted by molar-refractivity contribution is 6.53. The van der Waals surface area contributed by atoms with Crippen LogP contribution in [0.4, 0.5) is 18.9 Å². The fourth-order valence-electron chi connectivity index (χ4n) is 3.49. The molecule has 1 aliphatic rings. The molecule has 3 nitrogen and oxygen atoms in total. The van der Waals surface area contributed by atoms with Crippen LogP contribution in [0, 0.1) is 5.92 Å². The van der Waals surface area contributed by atoms with Crippen molar-refractivity contribution in [3.63, 3.8) is 0 Å². The fourth-order valence-corrected chi connectivity index (χ4v) is 5.30. The molecule has 0 radical (unpaired) electrons. The molecule has 0 heterocycles. The van der Waals surface area contributed by atoms with Crippen LogP contribution in [-0.4, -0.2) is 22.2 Å². The lowest BCUT2D eigenvalue weighted by Gasteiger charge is -2.11. The molecule has 1 fully saturated rings. The Labute approximate surface area is 217 Å². The van der Waals surface area contributed by atoms with Crippen molar-refractivity contribution >= 4 is 87.0 Å². The molecule has 1 saturated carbocycles. The third-order valence-electron chi connectivity index (χ3n) is 5.04. The average molecular weight is 582 g/mol. The highest BCUT2D eigenvalue weighted by atomic mass is 35.5. The first kappa shape index (κ1) is 26.7. The Hall–Kier alpha value is -0.890. The largest absolute Gasteiger partial charge is 0.389 e. The van der Waals surface area contributed by atoms with Crippen LogP contribution in [0.25, 0.3) is 0 Å². The number of alkyl halides is 5. The second kappa shape index (κ2) is 10.00. The van der Waals surface area contributed by atoms with Crippen LogP contribution in [0.2, 0.25) is 20.1 Å². The number of ketones is 1. The number of benzene rings is 2. The lowest BCUT2D eigenvalue weighted by Crippen LogP contribution is -2.17. The van der Waals surface area contributed by atoms with Gasteiger partial charge in [0.2, 0.25) is 5.91 Å². The quantitative estimate of drug-likeness (QED) is 0.262. The summed E-state index contributed by atoms with van der Waals surface area (Å²) in [6.45, 7) is 0. The number of hydrogen-bond acceptors (Lipinski definition) is 2. The van der Waals surface area contributed by atoms with E-state index in [1.165, 1.54) is 18.2 Å². The number of anilines is 1.